The van der Waals surface area contributed by atoms with Gasteiger partial charge in [-0.2, -0.15) is 0 Å². The molecule has 0 fully saturated rings. The lowest BCUT2D eigenvalue weighted by Gasteiger charge is -2.12. The first-order valence-electron chi connectivity index (χ1n) is 7.02. The lowest BCUT2D eigenvalue weighted by molar-refractivity contribution is -0.384. The zero-order valence-corrected chi connectivity index (χ0v) is 14.9. The van der Waals surface area contributed by atoms with Gasteiger partial charge >= 0.3 is 0 Å². The smallest absolute Gasteiger partial charge is 0.288 e. The second-order valence-electron chi connectivity index (χ2n) is 5.01. The van der Waals surface area contributed by atoms with Crippen molar-refractivity contribution in [2.45, 2.75) is 6.92 Å². The van der Waals surface area contributed by atoms with Crippen molar-refractivity contribution in [1.82, 2.24) is 5.32 Å². The summed E-state index contributed by atoms with van der Waals surface area (Å²) in [6, 6.07) is 9.24. The van der Waals surface area contributed by atoms with E-state index in [4.69, 9.17) is 28.6 Å². The number of nitro benzene ring substituents is 1. The SMILES string of the molecule is COc1ccc(C(=O)NC(=S)Nc2cc(Cl)c([N+](=O)[O-])cc2C)cc1. The van der Waals surface area contributed by atoms with Crippen LogP contribution in [0.3, 0.4) is 0 Å². The van der Waals surface area contributed by atoms with Gasteiger partial charge in [0.25, 0.3) is 11.6 Å². The number of carbonyl (C=O) groups is 1. The largest absolute Gasteiger partial charge is 0.497 e. The summed E-state index contributed by atoms with van der Waals surface area (Å²) in [5, 5.41) is 16.2. The first-order chi connectivity index (χ1) is 11.8. The maximum atomic E-state index is 12.1. The Morgan fingerprint density at radius 2 is 1.92 bits per heavy atom. The molecule has 0 spiro atoms. The van der Waals surface area contributed by atoms with Crippen LogP contribution < -0.4 is 15.4 Å². The van der Waals surface area contributed by atoms with Gasteiger partial charge < -0.3 is 10.1 Å². The minimum absolute atomic E-state index is 0.0256. The Kier molecular flexibility index (Phi) is 5.89. The number of amides is 1. The van der Waals surface area contributed by atoms with Crippen LogP contribution in [0.5, 0.6) is 5.75 Å². The van der Waals surface area contributed by atoms with Crippen molar-refractivity contribution in [3.8, 4) is 5.75 Å². The summed E-state index contributed by atoms with van der Waals surface area (Å²) in [5.74, 6) is 0.235. The molecule has 0 atom stereocenters. The summed E-state index contributed by atoms with van der Waals surface area (Å²) in [6.45, 7) is 1.67. The highest BCUT2D eigenvalue weighted by atomic mass is 35.5. The Morgan fingerprint density at radius 1 is 1.28 bits per heavy atom. The Hall–Kier alpha value is -2.71. The van der Waals surface area contributed by atoms with E-state index in [0.29, 0.717) is 22.6 Å². The molecule has 0 aliphatic heterocycles. The second-order valence-corrected chi connectivity index (χ2v) is 5.83. The van der Waals surface area contributed by atoms with Crippen LogP contribution in [0.15, 0.2) is 36.4 Å². The maximum Gasteiger partial charge on any atom is 0.288 e. The monoisotopic (exact) mass is 379 g/mol. The van der Waals surface area contributed by atoms with Gasteiger partial charge in [-0.1, -0.05) is 11.6 Å². The van der Waals surface area contributed by atoms with Gasteiger partial charge in [-0.3, -0.25) is 20.2 Å². The molecule has 9 heteroatoms. The summed E-state index contributed by atoms with van der Waals surface area (Å²) < 4.78 is 5.03. The van der Waals surface area contributed by atoms with Crippen molar-refractivity contribution >= 4 is 46.2 Å². The van der Waals surface area contributed by atoms with Gasteiger partial charge in [-0.15, -0.1) is 0 Å². The number of anilines is 1. The number of hydrogen-bond acceptors (Lipinski definition) is 5. The van der Waals surface area contributed by atoms with Gasteiger partial charge in [0.15, 0.2) is 5.11 Å². The average Bonchev–Trinajstić information content (AvgIpc) is 2.57. The minimum atomic E-state index is -0.567. The predicted molar refractivity (Wildman–Crippen MR) is 99.5 cm³/mol. The third kappa shape index (κ3) is 4.65. The number of hydrogen-bond donors (Lipinski definition) is 2. The molecule has 1 amide bonds. The lowest BCUT2D eigenvalue weighted by atomic mass is 10.2. The molecule has 0 saturated heterocycles. The van der Waals surface area contributed by atoms with Crippen LogP contribution in [0, 0.1) is 17.0 Å². The Balaban J connectivity index is 2.08. The molecule has 25 heavy (non-hydrogen) atoms. The van der Waals surface area contributed by atoms with Gasteiger partial charge in [0.2, 0.25) is 0 Å². The maximum absolute atomic E-state index is 12.1. The number of nitrogens with zero attached hydrogens (tertiary/aromatic N) is 1. The first kappa shape index (κ1) is 18.6. The fourth-order valence-corrected chi connectivity index (χ4v) is 2.45. The van der Waals surface area contributed by atoms with Crippen LogP contribution >= 0.6 is 23.8 Å². The number of ether oxygens (including phenoxy) is 1. The molecule has 130 valence electrons. The summed E-state index contributed by atoms with van der Waals surface area (Å²) in [4.78, 5) is 22.4. The molecule has 0 aliphatic carbocycles. The molecule has 0 aliphatic rings. The number of halogens is 1. The number of aryl methyl sites for hydroxylation is 1. The van der Waals surface area contributed by atoms with Crippen LogP contribution in [0.4, 0.5) is 11.4 Å². The zero-order valence-electron chi connectivity index (χ0n) is 13.3. The molecule has 7 nitrogen and oxygen atoms in total. The lowest BCUT2D eigenvalue weighted by Crippen LogP contribution is -2.34. The van der Waals surface area contributed by atoms with Crippen molar-refractivity contribution in [2.24, 2.45) is 0 Å². The number of nitrogens with one attached hydrogen (secondary N) is 2. The Morgan fingerprint density at radius 3 is 2.48 bits per heavy atom. The number of carbonyl (C=O) groups excluding carboxylic acids is 1. The third-order valence-corrected chi connectivity index (χ3v) is 3.82. The Labute approximate surface area is 154 Å². The summed E-state index contributed by atoms with van der Waals surface area (Å²) in [5.41, 5.74) is 1.24. The van der Waals surface area contributed by atoms with Crippen LogP contribution in [-0.2, 0) is 0 Å². The normalized spacial score (nSPS) is 10.0. The summed E-state index contributed by atoms with van der Waals surface area (Å²) in [6.07, 6.45) is 0. The third-order valence-electron chi connectivity index (χ3n) is 3.32. The van der Waals surface area contributed by atoms with E-state index in [1.54, 1.807) is 31.2 Å². The molecule has 0 saturated carbocycles. The second kappa shape index (κ2) is 7.91. The van der Waals surface area contributed by atoms with Gasteiger partial charge in [0.1, 0.15) is 10.8 Å². The number of rotatable bonds is 4. The number of methoxy groups -OCH3 is 1. The highest BCUT2D eigenvalue weighted by Crippen LogP contribution is 2.30. The zero-order chi connectivity index (χ0) is 18.6. The van der Waals surface area contributed by atoms with Crippen LogP contribution in [0.25, 0.3) is 0 Å². The van der Waals surface area contributed by atoms with Gasteiger partial charge in [-0.05, 0) is 55.0 Å². The highest BCUT2D eigenvalue weighted by Gasteiger charge is 2.16. The van der Waals surface area contributed by atoms with Gasteiger partial charge in [-0.25, -0.2) is 0 Å². The number of thiocarbonyl (C=S) groups is 1. The summed E-state index contributed by atoms with van der Waals surface area (Å²) >= 11 is 11.0. The molecule has 0 bridgehead atoms. The van der Waals surface area contributed by atoms with E-state index >= 15 is 0 Å². The minimum Gasteiger partial charge on any atom is -0.497 e. The molecule has 2 N–H and O–H groups in total. The average molecular weight is 380 g/mol. The van der Waals surface area contributed by atoms with Gasteiger partial charge in [0.05, 0.1) is 12.0 Å². The molecular formula is C16H14ClN3O4S. The molecule has 0 unspecified atom stereocenters. The summed E-state index contributed by atoms with van der Waals surface area (Å²) in [7, 11) is 1.53. The van der Waals surface area contributed by atoms with Crippen molar-refractivity contribution in [1.29, 1.82) is 0 Å². The van der Waals surface area contributed by atoms with E-state index in [-0.39, 0.29) is 15.8 Å². The van der Waals surface area contributed by atoms with Crippen LogP contribution in [0.2, 0.25) is 5.02 Å². The Bertz CT molecular complexity index is 840. The van der Waals surface area contributed by atoms with Crippen molar-refractivity contribution in [2.75, 3.05) is 12.4 Å². The van der Waals surface area contributed by atoms with Gasteiger partial charge in [0, 0.05) is 17.3 Å². The van der Waals surface area contributed by atoms with E-state index in [0.717, 1.165) is 0 Å². The predicted octanol–water partition coefficient (Wildman–Crippen LogP) is 3.69. The molecule has 0 heterocycles. The quantitative estimate of drug-likeness (QED) is 0.478. The first-order valence-corrected chi connectivity index (χ1v) is 7.81. The fourth-order valence-electron chi connectivity index (χ4n) is 2.01. The van der Waals surface area contributed by atoms with E-state index in [1.807, 2.05) is 0 Å². The number of benzene rings is 2. The molecule has 2 rings (SSSR count). The van der Waals surface area contributed by atoms with Crippen molar-refractivity contribution < 1.29 is 14.5 Å². The van der Waals surface area contributed by atoms with Crippen molar-refractivity contribution in [3.05, 3.63) is 62.7 Å². The topological polar surface area (TPSA) is 93.5 Å². The molecule has 2 aromatic rings. The van der Waals surface area contributed by atoms with E-state index in [2.05, 4.69) is 10.6 Å². The van der Waals surface area contributed by atoms with E-state index in [9.17, 15) is 14.9 Å². The molecular weight excluding hydrogens is 366 g/mol. The van der Waals surface area contributed by atoms with E-state index < -0.39 is 10.8 Å². The molecule has 0 aromatic heterocycles. The van der Waals surface area contributed by atoms with E-state index in [1.165, 1.54) is 19.2 Å². The molecule has 2 aromatic carbocycles. The van der Waals surface area contributed by atoms with Crippen LogP contribution in [-0.4, -0.2) is 23.1 Å². The van der Waals surface area contributed by atoms with Crippen LogP contribution in [0.1, 0.15) is 15.9 Å². The number of nitro groups is 1. The highest BCUT2D eigenvalue weighted by molar-refractivity contribution is 7.80. The van der Waals surface area contributed by atoms with Crippen molar-refractivity contribution in [3.63, 3.8) is 0 Å². The standard InChI is InChI=1S/C16H14ClN3O4S/c1-9-7-14(20(22)23)12(17)8-13(9)18-16(25)19-15(21)10-3-5-11(24-2)6-4-10/h3-8H,1-2H3,(H2,18,19,21,25). The molecule has 0 radical (unpaired) electrons. The fraction of sp³-hybridized carbons (Fsp3) is 0.125.